The predicted molar refractivity (Wildman–Crippen MR) is 114 cm³/mol. The van der Waals surface area contributed by atoms with Gasteiger partial charge in [-0.1, -0.05) is 13.0 Å². The Morgan fingerprint density at radius 3 is 2.77 bits per heavy atom. The van der Waals surface area contributed by atoms with Crippen LogP contribution in [0.15, 0.2) is 36.5 Å². The molecule has 162 valence electrons. The van der Waals surface area contributed by atoms with Crippen molar-refractivity contribution in [3.05, 3.63) is 53.2 Å². The summed E-state index contributed by atoms with van der Waals surface area (Å²) in [6, 6.07) is 8.80. The smallest absolute Gasteiger partial charge is 0.315 e. The molecule has 2 aliphatic heterocycles. The van der Waals surface area contributed by atoms with E-state index in [0.29, 0.717) is 6.54 Å². The Kier molecular flexibility index (Phi) is 5.63. The highest BCUT2D eigenvalue weighted by atomic mass is 16.5. The van der Waals surface area contributed by atoms with Gasteiger partial charge in [-0.15, -0.1) is 0 Å². The first-order valence-corrected chi connectivity index (χ1v) is 10.5. The third kappa shape index (κ3) is 4.23. The number of primary amides is 1. The maximum atomic E-state index is 13.1. The van der Waals surface area contributed by atoms with Gasteiger partial charge in [-0.05, 0) is 61.1 Å². The molecule has 0 unspecified atom stereocenters. The van der Waals surface area contributed by atoms with E-state index in [2.05, 4.69) is 23.3 Å². The number of nitrogens with one attached hydrogen (secondary N) is 1. The number of ether oxygens (including phenoxy) is 1. The van der Waals surface area contributed by atoms with Crippen molar-refractivity contribution in [2.24, 2.45) is 11.7 Å². The summed E-state index contributed by atoms with van der Waals surface area (Å²) in [5.74, 6) is -1.07. The summed E-state index contributed by atoms with van der Waals surface area (Å²) in [6.07, 6.45) is 4.12. The van der Waals surface area contributed by atoms with Crippen LogP contribution in [0.3, 0.4) is 0 Å². The maximum Gasteiger partial charge on any atom is 0.315 e. The molecule has 0 saturated carbocycles. The second-order valence-electron chi connectivity index (χ2n) is 8.37. The predicted octanol–water partition coefficient (Wildman–Crippen LogP) is 2.44. The largest absolute Gasteiger partial charge is 0.490 e. The molecule has 4 rings (SSSR count). The average molecular weight is 422 g/mol. The van der Waals surface area contributed by atoms with Gasteiger partial charge in [-0.2, -0.15) is 0 Å². The van der Waals surface area contributed by atoms with Crippen molar-refractivity contribution in [3.63, 3.8) is 0 Å². The summed E-state index contributed by atoms with van der Waals surface area (Å²) >= 11 is 0. The van der Waals surface area contributed by atoms with Crippen LogP contribution in [0.1, 0.15) is 54.2 Å². The second-order valence-corrected chi connectivity index (χ2v) is 8.37. The number of piperidine rings is 1. The highest BCUT2D eigenvalue weighted by molar-refractivity contribution is 6.39. The first-order valence-electron chi connectivity index (χ1n) is 10.5. The topological polar surface area (TPSA) is 115 Å². The second kappa shape index (κ2) is 8.37. The molecule has 1 aromatic heterocycles. The summed E-state index contributed by atoms with van der Waals surface area (Å²) in [5, 5.41) is 2.46. The Hall–Kier alpha value is -3.42. The summed E-state index contributed by atoms with van der Waals surface area (Å²) < 4.78 is 5.79. The zero-order chi connectivity index (χ0) is 22.1. The van der Waals surface area contributed by atoms with Crippen LogP contribution in [0.5, 0.6) is 5.75 Å². The fraction of sp³-hybridized carbons (Fsp3) is 0.391. The molecule has 3 atom stereocenters. The van der Waals surface area contributed by atoms with Gasteiger partial charge in [0, 0.05) is 19.2 Å². The summed E-state index contributed by atoms with van der Waals surface area (Å²) in [6.45, 7) is 4.57. The monoisotopic (exact) mass is 422 g/mol. The number of nitrogens with zero attached hydrogens (tertiary/aromatic N) is 2. The van der Waals surface area contributed by atoms with Crippen molar-refractivity contribution in [1.29, 1.82) is 0 Å². The van der Waals surface area contributed by atoms with Crippen LogP contribution in [-0.2, 0) is 16.0 Å². The van der Waals surface area contributed by atoms with E-state index >= 15 is 0 Å². The molecule has 2 aliphatic rings. The van der Waals surface area contributed by atoms with Crippen molar-refractivity contribution in [2.45, 2.75) is 45.3 Å². The van der Waals surface area contributed by atoms with Crippen molar-refractivity contribution >= 4 is 23.5 Å². The third-order valence-corrected chi connectivity index (χ3v) is 5.88. The number of fused-ring (bicyclic) bond motifs is 1. The number of nitrogens with two attached hydrogens (primary N) is 1. The van der Waals surface area contributed by atoms with Crippen LogP contribution in [0.2, 0.25) is 0 Å². The molecule has 0 bridgehead atoms. The highest BCUT2D eigenvalue weighted by Gasteiger charge is 2.35. The molecule has 8 heteroatoms. The number of anilines is 1. The number of hydrogen-bond acceptors (Lipinski definition) is 5. The van der Waals surface area contributed by atoms with Gasteiger partial charge in [-0.25, -0.2) is 4.98 Å². The van der Waals surface area contributed by atoms with Gasteiger partial charge in [0.2, 0.25) is 0 Å². The maximum absolute atomic E-state index is 13.1. The molecule has 3 heterocycles. The summed E-state index contributed by atoms with van der Waals surface area (Å²) in [5.41, 5.74) is 7.52. The van der Waals surface area contributed by atoms with Gasteiger partial charge >= 0.3 is 11.8 Å². The Morgan fingerprint density at radius 2 is 2.00 bits per heavy atom. The van der Waals surface area contributed by atoms with Crippen molar-refractivity contribution in [2.75, 3.05) is 11.9 Å². The van der Waals surface area contributed by atoms with E-state index in [-0.39, 0.29) is 29.4 Å². The molecule has 0 radical (unpaired) electrons. The fourth-order valence-corrected chi connectivity index (χ4v) is 4.37. The average Bonchev–Trinajstić information content (AvgIpc) is 3.12. The van der Waals surface area contributed by atoms with E-state index in [1.165, 1.54) is 12.3 Å². The molecular weight excluding hydrogens is 396 g/mol. The number of carbonyl (C=O) groups is 3. The lowest BCUT2D eigenvalue weighted by molar-refractivity contribution is -0.146. The van der Waals surface area contributed by atoms with Gasteiger partial charge in [0.1, 0.15) is 17.7 Å². The number of likely N-dealkylation sites (tertiary alicyclic amines) is 1. The number of aromatic nitrogens is 1. The Balaban J connectivity index is 1.57. The third-order valence-electron chi connectivity index (χ3n) is 5.88. The first kappa shape index (κ1) is 20.8. The fourth-order valence-electron chi connectivity index (χ4n) is 4.37. The van der Waals surface area contributed by atoms with Crippen molar-refractivity contribution in [1.82, 2.24) is 9.88 Å². The van der Waals surface area contributed by atoms with Crippen LogP contribution in [0.25, 0.3) is 0 Å². The van der Waals surface area contributed by atoms with E-state index in [0.717, 1.165) is 36.1 Å². The van der Waals surface area contributed by atoms with E-state index in [1.807, 2.05) is 19.1 Å². The SMILES string of the molecule is C[C@@H]1CC[C@@H](c2ccc3c(c2)C[C@@H](C)O3)N(C(=O)C(=O)Nc2ncccc2C(N)=O)C1. The molecule has 0 aliphatic carbocycles. The molecular formula is C23H26N4O4. The lowest BCUT2D eigenvalue weighted by Crippen LogP contribution is -2.46. The molecule has 1 aromatic carbocycles. The van der Waals surface area contributed by atoms with E-state index in [1.54, 1.807) is 11.0 Å². The Morgan fingerprint density at radius 1 is 1.19 bits per heavy atom. The van der Waals surface area contributed by atoms with Gasteiger partial charge in [0.25, 0.3) is 5.91 Å². The van der Waals surface area contributed by atoms with Crippen LogP contribution in [-0.4, -0.2) is 40.3 Å². The molecule has 1 fully saturated rings. The molecule has 31 heavy (non-hydrogen) atoms. The number of benzene rings is 1. The highest BCUT2D eigenvalue weighted by Crippen LogP contribution is 2.37. The quantitative estimate of drug-likeness (QED) is 0.738. The minimum Gasteiger partial charge on any atom is -0.490 e. The number of pyridine rings is 1. The van der Waals surface area contributed by atoms with E-state index in [9.17, 15) is 14.4 Å². The minimum absolute atomic E-state index is 0.0152. The van der Waals surface area contributed by atoms with Gasteiger partial charge < -0.3 is 20.7 Å². The Labute approximate surface area is 180 Å². The van der Waals surface area contributed by atoms with E-state index in [4.69, 9.17) is 10.5 Å². The van der Waals surface area contributed by atoms with Crippen LogP contribution < -0.4 is 15.8 Å². The van der Waals surface area contributed by atoms with Gasteiger partial charge in [0.15, 0.2) is 0 Å². The van der Waals surface area contributed by atoms with E-state index < -0.39 is 17.7 Å². The first-order chi connectivity index (χ1) is 14.8. The lowest BCUT2D eigenvalue weighted by Gasteiger charge is -2.38. The summed E-state index contributed by atoms with van der Waals surface area (Å²) in [4.78, 5) is 43.1. The van der Waals surface area contributed by atoms with Gasteiger partial charge in [0.05, 0.1) is 11.6 Å². The molecule has 3 N–H and O–H groups in total. The number of carbonyl (C=O) groups excluding carboxylic acids is 3. The molecule has 2 aromatic rings. The minimum atomic E-state index is -0.835. The summed E-state index contributed by atoms with van der Waals surface area (Å²) in [7, 11) is 0. The lowest BCUT2D eigenvalue weighted by atomic mass is 9.89. The standard InChI is InChI=1S/C23H26N4O4/c1-13-5-7-18(15-6-8-19-16(11-15)10-14(2)31-19)27(12-13)23(30)22(29)26-21-17(20(24)28)4-3-9-25-21/h3-4,6,8-9,11,13-14,18H,5,7,10,12H2,1-2H3,(H2,24,28)(H,25,26,29)/t13-,14-,18+/m1/s1. The van der Waals surface area contributed by atoms with Crippen LogP contribution in [0.4, 0.5) is 5.82 Å². The van der Waals surface area contributed by atoms with Crippen molar-refractivity contribution in [3.8, 4) is 5.75 Å². The zero-order valence-corrected chi connectivity index (χ0v) is 17.6. The Bertz CT molecular complexity index is 1040. The number of rotatable bonds is 3. The van der Waals surface area contributed by atoms with Crippen LogP contribution >= 0.6 is 0 Å². The number of hydrogen-bond donors (Lipinski definition) is 2. The molecule has 1 saturated heterocycles. The van der Waals surface area contributed by atoms with Crippen LogP contribution in [0, 0.1) is 5.92 Å². The molecule has 8 nitrogen and oxygen atoms in total. The normalized spacial score (nSPS) is 22.4. The van der Waals surface area contributed by atoms with Crippen molar-refractivity contribution < 1.29 is 19.1 Å². The number of amides is 3. The molecule has 0 spiro atoms. The van der Waals surface area contributed by atoms with Gasteiger partial charge in [-0.3, -0.25) is 14.4 Å². The zero-order valence-electron chi connectivity index (χ0n) is 17.6. The molecule has 3 amide bonds.